The van der Waals surface area contributed by atoms with Crippen molar-refractivity contribution in [3.8, 4) is 6.07 Å². The molecule has 0 radical (unpaired) electrons. The number of hydrogen-bond donors (Lipinski definition) is 0. The van der Waals surface area contributed by atoms with Gasteiger partial charge >= 0.3 is 0 Å². The summed E-state index contributed by atoms with van der Waals surface area (Å²) in [6.07, 6.45) is 3.85. The highest BCUT2D eigenvalue weighted by atomic mass is 15.6. The van der Waals surface area contributed by atoms with E-state index in [2.05, 4.69) is 21.5 Å². The van der Waals surface area contributed by atoms with Crippen molar-refractivity contribution in [1.82, 2.24) is 20.2 Å². The van der Waals surface area contributed by atoms with Gasteiger partial charge in [0.1, 0.15) is 0 Å². The Hall–Kier alpha value is -1.44. The zero-order valence-electron chi connectivity index (χ0n) is 6.14. The molecule has 0 fully saturated rings. The number of unbranched alkanes of at least 4 members (excludes halogenated alkanes) is 2. The van der Waals surface area contributed by atoms with E-state index in [1.165, 1.54) is 11.1 Å². The van der Waals surface area contributed by atoms with Crippen LogP contribution in [0.15, 0.2) is 6.33 Å². The molecule has 0 aromatic carbocycles. The molecule has 1 aromatic heterocycles. The highest BCUT2D eigenvalue weighted by Gasteiger charge is 1.91. The van der Waals surface area contributed by atoms with Crippen LogP contribution in [0.3, 0.4) is 0 Å². The van der Waals surface area contributed by atoms with Gasteiger partial charge in [0.25, 0.3) is 0 Å². The zero-order valence-corrected chi connectivity index (χ0v) is 6.14. The fraction of sp³-hybridized carbons (Fsp3) is 0.667. The summed E-state index contributed by atoms with van der Waals surface area (Å²) in [7, 11) is 0. The highest BCUT2D eigenvalue weighted by Crippen LogP contribution is 1.94. The second kappa shape index (κ2) is 4.39. The van der Waals surface area contributed by atoms with Crippen molar-refractivity contribution in [3.63, 3.8) is 0 Å². The average Bonchev–Trinajstić information content (AvgIpc) is 2.50. The van der Waals surface area contributed by atoms with Crippen LogP contribution in [-0.4, -0.2) is 20.2 Å². The molecule has 0 saturated heterocycles. The number of nitriles is 1. The number of hydrogen-bond acceptors (Lipinski definition) is 4. The van der Waals surface area contributed by atoms with E-state index in [4.69, 9.17) is 5.26 Å². The van der Waals surface area contributed by atoms with Gasteiger partial charge in [0.2, 0.25) is 0 Å². The van der Waals surface area contributed by atoms with Gasteiger partial charge in [0, 0.05) is 6.42 Å². The van der Waals surface area contributed by atoms with Crippen molar-refractivity contribution in [3.05, 3.63) is 6.33 Å². The molecule has 0 aliphatic heterocycles. The van der Waals surface area contributed by atoms with Gasteiger partial charge < -0.3 is 0 Å². The van der Waals surface area contributed by atoms with Crippen molar-refractivity contribution in [2.75, 3.05) is 0 Å². The summed E-state index contributed by atoms with van der Waals surface area (Å²) in [6, 6.07) is 2.08. The number of rotatable bonds is 4. The Morgan fingerprint density at radius 2 is 2.36 bits per heavy atom. The first-order valence-electron chi connectivity index (χ1n) is 3.51. The molecule has 0 aliphatic carbocycles. The molecule has 0 bridgehead atoms. The smallest absolute Gasteiger partial charge is 0.162 e. The van der Waals surface area contributed by atoms with Gasteiger partial charge in [-0.15, -0.1) is 10.2 Å². The lowest BCUT2D eigenvalue weighted by atomic mass is 10.2. The summed E-state index contributed by atoms with van der Waals surface area (Å²) in [5.74, 6) is 0. The third-order valence-electron chi connectivity index (χ3n) is 1.29. The lowest BCUT2D eigenvalue weighted by Crippen LogP contribution is -2.01. The van der Waals surface area contributed by atoms with E-state index in [1.54, 1.807) is 0 Å². The molecule has 1 rings (SSSR count). The minimum Gasteiger partial charge on any atom is -0.198 e. The maximum atomic E-state index is 8.22. The molecule has 1 heterocycles. The van der Waals surface area contributed by atoms with E-state index in [0.29, 0.717) is 6.42 Å². The number of nitrogens with zero attached hydrogens (tertiary/aromatic N) is 5. The molecule has 1 aromatic rings. The van der Waals surface area contributed by atoms with Gasteiger partial charge in [-0.2, -0.15) is 10.1 Å². The minimum atomic E-state index is 0.606. The van der Waals surface area contributed by atoms with E-state index in [0.717, 1.165) is 19.4 Å². The lowest BCUT2D eigenvalue weighted by Gasteiger charge is -1.94. The van der Waals surface area contributed by atoms with E-state index in [-0.39, 0.29) is 0 Å². The largest absolute Gasteiger partial charge is 0.198 e. The molecule has 0 aliphatic rings. The van der Waals surface area contributed by atoms with Crippen LogP contribution in [0.1, 0.15) is 19.3 Å². The fourth-order valence-corrected chi connectivity index (χ4v) is 0.748. The zero-order chi connectivity index (χ0) is 7.94. The van der Waals surface area contributed by atoms with Gasteiger partial charge in [-0.25, -0.2) is 0 Å². The second-order valence-corrected chi connectivity index (χ2v) is 2.15. The predicted molar refractivity (Wildman–Crippen MR) is 37.3 cm³/mol. The van der Waals surface area contributed by atoms with Gasteiger partial charge in [-0.05, 0) is 18.1 Å². The first-order chi connectivity index (χ1) is 5.43. The SMILES string of the molecule is N#CCCCCn1ncnn1. The molecule has 5 nitrogen and oxygen atoms in total. The second-order valence-electron chi connectivity index (χ2n) is 2.15. The Morgan fingerprint density at radius 1 is 1.45 bits per heavy atom. The maximum Gasteiger partial charge on any atom is 0.162 e. The Balaban J connectivity index is 2.10. The summed E-state index contributed by atoms with van der Waals surface area (Å²) >= 11 is 0. The first kappa shape index (κ1) is 7.66. The standard InChI is InChI=1S/C6H9N5/c7-4-2-1-3-5-11-9-6-8-10-11/h6H,1-3,5H2. The van der Waals surface area contributed by atoms with Crippen molar-refractivity contribution >= 4 is 0 Å². The minimum absolute atomic E-state index is 0.606. The van der Waals surface area contributed by atoms with Crippen LogP contribution in [0, 0.1) is 11.3 Å². The van der Waals surface area contributed by atoms with Gasteiger partial charge in [-0.3, -0.25) is 0 Å². The predicted octanol–water partition coefficient (Wildman–Crippen LogP) is 0.367. The van der Waals surface area contributed by atoms with Gasteiger partial charge in [0.05, 0.1) is 12.6 Å². The summed E-state index contributed by atoms with van der Waals surface area (Å²) in [4.78, 5) is 1.53. The van der Waals surface area contributed by atoms with E-state index in [9.17, 15) is 0 Å². The molecule has 0 spiro atoms. The Kier molecular flexibility index (Phi) is 3.06. The van der Waals surface area contributed by atoms with Crippen LogP contribution in [0.4, 0.5) is 0 Å². The van der Waals surface area contributed by atoms with Crippen LogP contribution >= 0.6 is 0 Å². The van der Waals surface area contributed by atoms with Crippen LogP contribution < -0.4 is 0 Å². The fourth-order valence-electron chi connectivity index (χ4n) is 0.748. The molecule has 0 unspecified atom stereocenters. The molecule has 0 N–H and O–H groups in total. The highest BCUT2D eigenvalue weighted by molar-refractivity contribution is 4.67. The number of aryl methyl sites for hydroxylation is 1. The summed E-state index contributed by atoms with van der Waals surface area (Å²) < 4.78 is 0. The maximum absolute atomic E-state index is 8.22. The first-order valence-corrected chi connectivity index (χ1v) is 3.51. The quantitative estimate of drug-likeness (QED) is 0.583. The Labute approximate surface area is 64.6 Å². The van der Waals surface area contributed by atoms with Gasteiger partial charge in [0.15, 0.2) is 6.33 Å². The summed E-state index contributed by atoms with van der Waals surface area (Å²) in [5, 5.41) is 19.3. The molecule has 58 valence electrons. The van der Waals surface area contributed by atoms with Gasteiger partial charge in [-0.1, -0.05) is 0 Å². The monoisotopic (exact) mass is 151 g/mol. The molecular formula is C6H9N5. The summed E-state index contributed by atoms with van der Waals surface area (Å²) in [6.45, 7) is 0.752. The molecule has 11 heavy (non-hydrogen) atoms. The van der Waals surface area contributed by atoms with Crippen molar-refractivity contribution in [2.45, 2.75) is 25.8 Å². The van der Waals surface area contributed by atoms with E-state index < -0.39 is 0 Å². The topological polar surface area (TPSA) is 67.4 Å². The van der Waals surface area contributed by atoms with Crippen molar-refractivity contribution in [2.24, 2.45) is 0 Å². The Morgan fingerprint density at radius 3 is 3.00 bits per heavy atom. The van der Waals surface area contributed by atoms with Crippen LogP contribution in [-0.2, 0) is 6.54 Å². The lowest BCUT2D eigenvalue weighted by molar-refractivity contribution is 0.490. The molecule has 0 saturated carbocycles. The van der Waals surface area contributed by atoms with Crippen molar-refractivity contribution < 1.29 is 0 Å². The summed E-state index contributed by atoms with van der Waals surface area (Å²) in [5.41, 5.74) is 0. The van der Waals surface area contributed by atoms with E-state index in [1.807, 2.05) is 0 Å². The van der Waals surface area contributed by atoms with Crippen LogP contribution in [0.25, 0.3) is 0 Å². The van der Waals surface area contributed by atoms with E-state index >= 15 is 0 Å². The van der Waals surface area contributed by atoms with Crippen LogP contribution in [0.5, 0.6) is 0 Å². The third kappa shape index (κ3) is 2.76. The normalized spacial score (nSPS) is 9.36. The number of aromatic nitrogens is 4. The van der Waals surface area contributed by atoms with Crippen molar-refractivity contribution in [1.29, 1.82) is 5.26 Å². The average molecular weight is 151 g/mol. The molecule has 0 amide bonds. The molecular weight excluding hydrogens is 142 g/mol. The molecule has 5 heteroatoms. The Bertz CT molecular complexity index is 222. The number of tetrazole rings is 1. The third-order valence-corrected chi connectivity index (χ3v) is 1.29. The molecule has 0 atom stereocenters. The van der Waals surface area contributed by atoms with Crippen LogP contribution in [0.2, 0.25) is 0 Å².